The lowest BCUT2D eigenvalue weighted by Gasteiger charge is -2.20. The van der Waals surface area contributed by atoms with E-state index in [-0.39, 0.29) is 30.2 Å². The Morgan fingerprint density at radius 1 is 1.03 bits per heavy atom. The molecule has 0 aliphatic heterocycles. The fourth-order valence-electron chi connectivity index (χ4n) is 4.22. The topological polar surface area (TPSA) is 75.6 Å². The first-order valence-corrected chi connectivity index (χ1v) is 13.2. The number of carboxylic acids is 1. The molecule has 36 heavy (non-hydrogen) atoms. The molecule has 3 rings (SSSR count). The molecule has 6 heteroatoms. The first-order chi connectivity index (χ1) is 16.9. The molecule has 3 aromatic rings. The third-order valence-electron chi connectivity index (χ3n) is 6.14. The monoisotopic (exact) mass is 507 g/mol. The van der Waals surface area contributed by atoms with Crippen molar-refractivity contribution >= 4 is 23.2 Å². The highest BCUT2D eigenvalue weighted by molar-refractivity contribution is 7.14. The average Bonchev–Trinajstić information content (AvgIpc) is 3.25. The highest BCUT2D eigenvalue weighted by atomic mass is 32.1. The molecule has 0 aliphatic carbocycles. The SMILES string of the molecule is Cc1cc(OCC(C)Cc2ccc(C(=O)NCCC(=O)O)s2)cc(C)c1-c1ccc(C(C)(C)C)cc1. The van der Waals surface area contributed by atoms with Gasteiger partial charge in [-0.05, 0) is 83.7 Å². The highest BCUT2D eigenvalue weighted by Crippen LogP contribution is 2.33. The molecule has 0 bridgehead atoms. The zero-order chi connectivity index (χ0) is 26.5. The average molecular weight is 508 g/mol. The Labute approximate surface area is 218 Å². The van der Waals surface area contributed by atoms with Crippen molar-refractivity contribution in [1.29, 1.82) is 0 Å². The van der Waals surface area contributed by atoms with E-state index in [2.05, 4.69) is 83.3 Å². The number of carboxylic acid groups (broad SMARTS) is 1. The Morgan fingerprint density at radius 2 is 1.67 bits per heavy atom. The van der Waals surface area contributed by atoms with Gasteiger partial charge in [-0.2, -0.15) is 0 Å². The van der Waals surface area contributed by atoms with Crippen molar-refractivity contribution in [3.8, 4) is 16.9 Å². The van der Waals surface area contributed by atoms with E-state index in [9.17, 15) is 9.59 Å². The number of ether oxygens (including phenoxy) is 1. The quantitative estimate of drug-likeness (QED) is 0.317. The van der Waals surface area contributed by atoms with Gasteiger partial charge in [0, 0.05) is 11.4 Å². The minimum Gasteiger partial charge on any atom is -0.493 e. The van der Waals surface area contributed by atoms with Gasteiger partial charge in [0.1, 0.15) is 5.75 Å². The first kappa shape index (κ1) is 27.5. The molecule has 5 nitrogen and oxygen atoms in total. The molecule has 2 N–H and O–H groups in total. The van der Waals surface area contributed by atoms with E-state index in [0.717, 1.165) is 17.0 Å². The molecule has 0 fully saturated rings. The van der Waals surface area contributed by atoms with Crippen LogP contribution in [-0.2, 0) is 16.6 Å². The molecule has 0 radical (unpaired) electrons. The normalized spacial score (nSPS) is 12.3. The van der Waals surface area contributed by atoms with Gasteiger partial charge < -0.3 is 15.2 Å². The third-order valence-corrected chi connectivity index (χ3v) is 7.25. The Hall–Kier alpha value is -3.12. The number of hydrogen-bond donors (Lipinski definition) is 2. The molecule has 1 atom stereocenters. The Bertz CT molecular complexity index is 1180. The zero-order valence-corrected chi connectivity index (χ0v) is 22.9. The summed E-state index contributed by atoms with van der Waals surface area (Å²) < 4.78 is 6.16. The lowest BCUT2D eigenvalue weighted by atomic mass is 9.85. The lowest BCUT2D eigenvalue weighted by molar-refractivity contribution is -0.136. The Kier molecular flexibility index (Phi) is 8.96. The van der Waals surface area contributed by atoms with Crippen LogP contribution in [0.4, 0.5) is 0 Å². The van der Waals surface area contributed by atoms with Crippen LogP contribution in [0.15, 0.2) is 48.5 Å². The van der Waals surface area contributed by atoms with Crippen LogP contribution in [-0.4, -0.2) is 30.1 Å². The van der Waals surface area contributed by atoms with Gasteiger partial charge in [0.25, 0.3) is 5.91 Å². The van der Waals surface area contributed by atoms with Crippen molar-refractivity contribution in [1.82, 2.24) is 5.32 Å². The maximum absolute atomic E-state index is 12.2. The summed E-state index contributed by atoms with van der Waals surface area (Å²) in [5, 5.41) is 11.3. The van der Waals surface area contributed by atoms with Crippen LogP contribution in [0.5, 0.6) is 5.75 Å². The summed E-state index contributed by atoms with van der Waals surface area (Å²) in [4.78, 5) is 24.5. The summed E-state index contributed by atoms with van der Waals surface area (Å²) in [6.45, 7) is 13.8. The van der Waals surface area contributed by atoms with Crippen LogP contribution in [0.1, 0.15) is 65.4 Å². The summed E-state index contributed by atoms with van der Waals surface area (Å²) >= 11 is 1.44. The number of aliphatic carboxylic acids is 1. The second kappa shape index (κ2) is 11.7. The van der Waals surface area contributed by atoms with Gasteiger partial charge in [-0.25, -0.2) is 0 Å². The predicted octanol–water partition coefficient (Wildman–Crippen LogP) is 6.79. The molecule has 192 valence electrons. The number of rotatable bonds is 10. The largest absolute Gasteiger partial charge is 0.493 e. The van der Waals surface area contributed by atoms with E-state index in [1.54, 1.807) is 6.07 Å². The molecule has 1 heterocycles. The number of carbonyl (C=O) groups excluding carboxylic acids is 1. The van der Waals surface area contributed by atoms with Gasteiger partial charge in [0.05, 0.1) is 17.9 Å². The number of thiophene rings is 1. The molecule has 0 spiro atoms. The summed E-state index contributed by atoms with van der Waals surface area (Å²) in [6, 6.07) is 16.8. The number of hydrogen-bond acceptors (Lipinski definition) is 4. The number of carbonyl (C=O) groups is 2. The summed E-state index contributed by atoms with van der Waals surface area (Å²) in [5.74, 6) is -0.00495. The van der Waals surface area contributed by atoms with E-state index in [1.807, 2.05) is 6.07 Å². The molecular weight excluding hydrogens is 470 g/mol. The van der Waals surface area contributed by atoms with E-state index in [1.165, 1.54) is 39.2 Å². The van der Waals surface area contributed by atoms with E-state index >= 15 is 0 Å². The van der Waals surface area contributed by atoms with Gasteiger partial charge in [-0.1, -0.05) is 52.0 Å². The number of benzene rings is 2. The maximum atomic E-state index is 12.2. The fraction of sp³-hybridized carbons (Fsp3) is 0.400. The number of aryl methyl sites for hydroxylation is 2. The fourth-order valence-corrected chi connectivity index (χ4v) is 5.31. The van der Waals surface area contributed by atoms with Crippen LogP contribution in [0, 0.1) is 19.8 Å². The van der Waals surface area contributed by atoms with Gasteiger partial charge >= 0.3 is 5.97 Å². The summed E-state index contributed by atoms with van der Waals surface area (Å²) in [7, 11) is 0. The van der Waals surface area contributed by atoms with Crippen molar-refractivity contribution in [2.24, 2.45) is 5.92 Å². The van der Waals surface area contributed by atoms with Gasteiger partial charge in [-0.3, -0.25) is 9.59 Å². The van der Waals surface area contributed by atoms with Crippen LogP contribution in [0.3, 0.4) is 0 Å². The van der Waals surface area contributed by atoms with Gasteiger partial charge in [0.2, 0.25) is 0 Å². The molecule has 1 amide bonds. The minimum atomic E-state index is -0.925. The molecule has 0 saturated carbocycles. The summed E-state index contributed by atoms with van der Waals surface area (Å²) in [6.07, 6.45) is 0.727. The molecule has 1 unspecified atom stereocenters. The van der Waals surface area contributed by atoms with E-state index in [4.69, 9.17) is 9.84 Å². The van der Waals surface area contributed by atoms with Gasteiger partial charge in [0.15, 0.2) is 0 Å². The predicted molar refractivity (Wildman–Crippen MR) is 147 cm³/mol. The smallest absolute Gasteiger partial charge is 0.305 e. The molecular formula is C30H37NO4S. The maximum Gasteiger partial charge on any atom is 0.305 e. The van der Waals surface area contributed by atoms with Crippen LogP contribution in [0.25, 0.3) is 11.1 Å². The first-order valence-electron chi connectivity index (χ1n) is 12.4. The number of amides is 1. The third kappa shape index (κ3) is 7.44. The van der Waals surface area contributed by atoms with Crippen molar-refractivity contribution < 1.29 is 19.4 Å². The minimum absolute atomic E-state index is 0.0816. The lowest BCUT2D eigenvalue weighted by Crippen LogP contribution is -2.25. The molecule has 0 saturated heterocycles. The highest BCUT2D eigenvalue weighted by Gasteiger charge is 2.16. The second-order valence-corrected chi connectivity index (χ2v) is 11.7. The second-order valence-electron chi connectivity index (χ2n) is 10.5. The zero-order valence-electron chi connectivity index (χ0n) is 22.1. The van der Waals surface area contributed by atoms with Crippen molar-refractivity contribution in [3.05, 3.63) is 75.0 Å². The van der Waals surface area contributed by atoms with E-state index in [0.29, 0.717) is 11.5 Å². The van der Waals surface area contributed by atoms with Crippen molar-refractivity contribution in [3.63, 3.8) is 0 Å². The Morgan fingerprint density at radius 3 is 2.25 bits per heavy atom. The molecule has 1 aromatic heterocycles. The van der Waals surface area contributed by atoms with Crippen molar-refractivity contribution in [2.45, 2.75) is 59.8 Å². The van der Waals surface area contributed by atoms with Crippen LogP contribution >= 0.6 is 11.3 Å². The number of nitrogens with one attached hydrogen (secondary N) is 1. The van der Waals surface area contributed by atoms with Crippen LogP contribution < -0.4 is 10.1 Å². The van der Waals surface area contributed by atoms with Gasteiger partial charge in [-0.15, -0.1) is 11.3 Å². The summed E-state index contributed by atoms with van der Waals surface area (Å²) in [5.41, 5.74) is 6.32. The Balaban J connectivity index is 1.58. The standard InChI is InChI=1S/C30H37NO4S/c1-19(15-25-11-12-26(36-25)29(34)31-14-13-27(32)33)18-35-24-16-20(2)28(21(3)17-24)22-7-9-23(10-8-22)30(4,5)6/h7-12,16-17,19H,13-15,18H2,1-6H3,(H,31,34)(H,32,33). The molecule has 0 aliphatic rings. The van der Waals surface area contributed by atoms with Crippen molar-refractivity contribution in [2.75, 3.05) is 13.2 Å². The van der Waals surface area contributed by atoms with Crippen LogP contribution in [0.2, 0.25) is 0 Å². The molecule has 2 aromatic carbocycles. The van der Waals surface area contributed by atoms with E-state index < -0.39 is 5.97 Å².